The van der Waals surface area contributed by atoms with Gasteiger partial charge in [0, 0.05) is 62.5 Å². The van der Waals surface area contributed by atoms with Crippen LogP contribution in [0.4, 0.5) is 11.6 Å². The lowest BCUT2D eigenvalue weighted by Crippen LogP contribution is -2.29. The predicted octanol–water partition coefficient (Wildman–Crippen LogP) is 5.42. The van der Waals surface area contributed by atoms with Gasteiger partial charge in [0.05, 0.1) is 12.7 Å². The van der Waals surface area contributed by atoms with Crippen LogP contribution in [0.25, 0.3) is 11.1 Å². The van der Waals surface area contributed by atoms with E-state index in [4.69, 9.17) is 4.74 Å². The number of aryl methyl sites for hydroxylation is 1. The average molecular weight is 464 g/mol. The molecule has 0 saturated heterocycles. The Bertz CT molecular complexity index is 1080. The number of hydrogen-bond acceptors (Lipinski definition) is 6. The van der Waals surface area contributed by atoms with Crippen molar-refractivity contribution in [3.05, 3.63) is 71.4 Å². The maximum atomic E-state index is 12.9. The van der Waals surface area contributed by atoms with E-state index < -0.39 is 0 Å². The van der Waals surface area contributed by atoms with Crippen LogP contribution in [-0.4, -0.2) is 55.1 Å². The molecule has 1 N–H and O–H groups in total. The molecule has 2 rings (SSSR count). The summed E-state index contributed by atoms with van der Waals surface area (Å²) in [5.74, 6) is 2.20. The molecule has 0 aliphatic rings. The van der Waals surface area contributed by atoms with Gasteiger partial charge in [0.15, 0.2) is 0 Å². The maximum Gasteiger partial charge on any atom is 0.257 e. The van der Waals surface area contributed by atoms with E-state index in [2.05, 4.69) is 34.0 Å². The molecular formula is C27H37N5O2. The molecule has 1 amide bonds. The molecule has 182 valence electrons. The Morgan fingerprint density at radius 2 is 1.71 bits per heavy atom. The summed E-state index contributed by atoms with van der Waals surface area (Å²) in [6.45, 7) is 11.6. The van der Waals surface area contributed by atoms with Gasteiger partial charge in [0.1, 0.15) is 17.4 Å². The van der Waals surface area contributed by atoms with Crippen LogP contribution in [-0.2, 0) is 4.74 Å². The van der Waals surface area contributed by atoms with Gasteiger partial charge in [-0.25, -0.2) is 9.97 Å². The van der Waals surface area contributed by atoms with E-state index in [0.29, 0.717) is 11.4 Å². The number of rotatable bonds is 10. The van der Waals surface area contributed by atoms with Crippen LogP contribution in [0.15, 0.2) is 60.3 Å². The van der Waals surface area contributed by atoms with E-state index in [1.54, 1.807) is 32.3 Å². The normalized spacial score (nSPS) is 12.1. The molecule has 0 aliphatic carbocycles. The van der Waals surface area contributed by atoms with Crippen molar-refractivity contribution in [3.8, 4) is 11.1 Å². The molecule has 7 nitrogen and oxygen atoms in total. The van der Waals surface area contributed by atoms with Crippen LogP contribution in [0.1, 0.15) is 43.6 Å². The molecule has 2 aromatic heterocycles. The first-order valence-electron chi connectivity index (χ1n) is 11.5. The van der Waals surface area contributed by atoms with Gasteiger partial charge in [-0.1, -0.05) is 6.08 Å². The number of pyridine rings is 2. The fraction of sp³-hybridized carbons (Fsp3) is 0.370. The number of amides is 1. The van der Waals surface area contributed by atoms with Crippen molar-refractivity contribution in [2.45, 2.75) is 34.6 Å². The van der Waals surface area contributed by atoms with E-state index in [-0.39, 0.29) is 5.91 Å². The van der Waals surface area contributed by atoms with Crippen molar-refractivity contribution < 1.29 is 9.53 Å². The van der Waals surface area contributed by atoms with E-state index in [0.717, 1.165) is 46.9 Å². The van der Waals surface area contributed by atoms with Crippen molar-refractivity contribution in [2.24, 2.45) is 0 Å². The minimum absolute atomic E-state index is 0.0688. The molecular weight excluding hydrogens is 426 g/mol. The zero-order valence-corrected chi connectivity index (χ0v) is 21.6. The largest absolute Gasteiger partial charge is 0.496 e. The zero-order valence-electron chi connectivity index (χ0n) is 21.6. The Balaban J connectivity index is 2.35. The van der Waals surface area contributed by atoms with Crippen molar-refractivity contribution in [1.29, 1.82) is 0 Å². The second-order valence-corrected chi connectivity index (χ2v) is 7.94. The molecule has 0 bridgehead atoms. The molecule has 0 atom stereocenters. The van der Waals surface area contributed by atoms with Gasteiger partial charge < -0.3 is 19.9 Å². The number of allylic oxidation sites excluding steroid dienone is 3. The first-order chi connectivity index (χ1) is 16.3. The third kappa shape index (κ3) is 6.25. The molecule has 0 aliphatic heterocycles. The number of ether oxygens (including phenoxy) is 1. The molecule has 2 aromatic rings. The number of aromatic nitrogens is 2. The van der Waals surface area contributed by atoms with Crippen molar-refractivity contribution >= 4 is 17.5 Å². The summed E-state index contributed by atoms with van der Waals surface area (Å²) in [5, 5.41) is 3.24. The monoisotopic (exact) mass is 463 g/mol. The van der Waals surface area contributed by atoms with E-state index in [1.807, 2.05) is 63.5 Å². The van der Waals surface area contributed by atoms with Crippen molar-refractivity contribution in [3.63, 3.8) is 0 Å². The highest BCUT2D eigenvalue weighted by Gasteiger charge is 2.19. The maximum absolute atomic E-state index is 12.9. The number of methoxy groups -OCH3 is 1. The van der Waals surface area contributed by atoms with Crippen LogP contribution >= 0.6 is 0 Å². The molecule has 0 fully saturated rings. The molecule has 7 heteroatoms. The summed E-state index contributed by atoms with van der Waals surface area (Å²) in [7, 11) is 5.17. The van der Waals surface area contributed by atoms with Crippen molar-refractivity contribution in [1.82, 2.24) is 14.9 Å². The summed E-state index contributed by atoms with van der Waals surface area (Å²) in [6.07, 6.45) is 11.3. The molecule has 0 unspecified atom stereocenters. The van der Waals surface area contributed by atoms with Gasteiger partial charge in [-0.3, -0.25) is 4.79 Å². The zero-order chi connectivity index (χ0) is 25.3. The van der Waals surface area contributed by atoms with Gasteiger partial charge in [-0.2, -0.15) is 0 Å². The first-order valence-corrected chi connectivity index (χ1v) is 11.5. The van der Waals surface area contributed by atoms with E-state index in [9.17, 15) is 4.79 Å². The van der Waals surface area contributed by atoms with Gasteiger partial charge in [0.25, 0.3) is 5.91 Å². The third-order valence-corrected chi connectivity index (χ3v) is 5.54. The number of carbonyl (C=O) groups is 1. The number of nitrogens with one attached hydrogen (secondary N) is 1. The summed E-state index contributed by atoms with van der Waals surface area (Å²) in [6, 6.07) is 3.96. The highest BCUT2D eigenvalue weighted by molar-refractivity contribution is 5.99. The Labute approximate surface area is 203 Å². The summed E-state index contributed by atoms with van der Waals surface area (Å²) in [5.41, 5.74) is 4.31. The van der Waals surface area contributed by atoms with Crippen LogP contribution in [0.2, 0.25) is 0 Å². The topological polar surface area (TPSA) is 70.6 Å². The molecule has 0 spiro atoms. The second-order valence-electron chi connectivity index (χ2n) is 7.94. The van der Waals surface area contributed by atoms with Crippen LogP contribution in [0, 0.1) is 6.92 Å². The molecule has 0 aromatic carbocycles. The lowest BCUT2D eigenvalue weighted by Gasteiger charge is -2.24. The van der Waals surface area contributed by atoms with Crippen LogP contribution < -0.4 is 10.2 Å². The minimum atomic E-state index is -0.0688. The van der Waals surface area contributed by atoms with Crippen molar-refractivity contribution in [2.75, 3.05) is 44.5 Å². The standard InChI is InChI=1S/C27H37N5O2/c1-9-20(24(10-2)34-8)13-14-28-25-19(5)15-21(17-29-25)22-16-23(27(33)31(6)7)26(30-18-22)32(11-3)12-4/h9-10,13-18H,11-12H2,1-8H3,(H,28,29)/b14-13+,20-9-,24-10+. The fourth-order valence-electron chi connectivity index (χ4n) is 3.61. The smallest absolute Gasteiger partial charge is 0.257 e. The minimum Gasteiger partial charge on any atom is -0.496 e. The van der Waals surface area contributed by atoms with E-state index >= 15 is 0 Å². The Morgan fingerprint density at radius 1 is 1.06 bits per heavy atom. The van der Waals surface area contributed by atoms with Gasteiger partial charge in [-0.15, -0.1) is 0 Å². The number of hydrogen-bond donors (Lipinski definition) is 1. The molecule has 2 heterocycles. The highest BCUT2D eigenvalue weighted by Crippen LogP contribution is 2.28. The quantitative estimate of drug-likeness (QED) is 0.375. The molecule has 34 heavy (non-hydrogen) atoms. The third-order valence-electron chi connectivity index (χ3n) is 5.54. The number of carbonyl (C=O) groups excluding carboxylic acids is 1. The molecule has 0 saturated carbocycles. The summed E-state index contributed by atoms with van der Waals surface area (Å²) >= 11 is 0. The number of anilines is 2. The average Bonchev–Trinajstić information content (AvgIpc) is 2.84. The summed E-state index contributed by atoms with van der Waals surface area (Å²) in [4.78, 5) is 25.8. The second kappa shape index (κ2) is 12.6. The van der Waals surface area contributed by atoms with Gasteiger partial charge >= 0.3 is 0 Å². The highest BCUT2D eigenvalue weighted by atomic mass is 16.5. The Kier molecular flexibility index (Phi) is 9.86. The van der Waals surface area contributed by atoms with E-state index in [1.165, 1.54) is 0 Å². The Hall–Kier alpha value is -3.61. The lowest BCUT2D eigenvalue weighted by molar-refractivity contribution is 0.0828. The van der Waals surface area contributed by atoms with Crippen LogP contribution in [0.5, 0.6) is 0 Å². The lowest BCUT2D eigenvalue weighted by atomic mass is 10.0. The van der Waals surface area contributed by atoms with Gasteiger partial charge in [0.2, 0.25) is 0 Å². The summed E-state index contributed by atoms with van der Waals surface area (Å²) < 4.78 is 5.38. The molecule has 0 radical (unpaired) electrons. The SMILES string of the molecule is C/C=C(/C=C/Nc1ncc(-c2cnc(N(CC)CC)c(C(=O)N(C)C)c2)cc1C)C(=C/C)\OC. The first kappa shape index (κ1) is 26.6. The van der Waals surface area contributed by atoms with Crippen LogP contribution in [0.3, 0.4) is 0 Å². The van der Waals surface area contributed by atoms with Gasteiger partial charge in [-0.05, 0) is 64.5 Å². The number of nitrogens with zero attached hydrogens (tertiary/aromatic N) is 4. The fourth-order valence-corrected chi connectivity index (χ4v) is 3.61. The predicted molar refractivity (Wildman–Crippen MR) is 141 cm³/mol. The Morgan fingerprint density at radius 3 is 2.24 bits per heavy atom.